The highest BCUT2D eigenvalue weighted by Crippen LogP contribution is 2.38. The predicted octanol–water partition coefficient (Wildman–Crippen LogP) is 2.69. The van der Waals surface area contributed by atoms with E-state index in [2.05, 4.69) is 31.4 Å². The third-order valence-corrected chi connectivity index (χ3v) is 8.40. The van der Waals surface area contributed by atoms with Gasteiger partial charge in [0.1, 0.15) is 0 Å². The monoisotopic (exact) mass is 320 g/mol. The molecule has 124 valence electrons. The Kier molecular flexibility index (Phi) is 6.69. The van der Waals surface area contributed by atoms with Gasteiger partial charge in [0.05, 0.1) is 18.2 Å². The van der Waals surface area contributed by atoms with Crippen LogP contribution in [0.3, 0.4) is 0 Å². The van der Waals surface area contributed by atoms with E-state index in [1.165, 1.54) is 0 Å². The van der Waals surface area contributed by atoms with Crippen LogP contribution in [0.2, 0.25) is 18.1 Å². The van der Waals surface area contributed by atoms with E-state index in [-0.39, 0.29) is 5.04 Å². The standard InChI is InChI=1S/C13H28N2O5Si/c1-8(14-11(16)17)10(9(2)15-12(18)19)20-21(6,7)13(3,4)5/h8-10,14-15H,1-7H3,(H,16,17)(H,18,19)/t8-,9+,10?. The van der Waals surface area contributed by atoms with Gasteiger partial charge in [-0.2, -0.15) is 0 Å². The largest absolute Gasteiger partial charge is 0.465 e. The maximum atomic E-state index is 10.8. The SMILES string of the molecule is C[C@H](NC(=O)O)C(O[Si](C)(C)C(C)(C)C)[C@@H](C)NC(=O)O. The summed E-state index contributed by atoms with van der Waals surface area (Å²) in [7, 11) is -2.16. The first-order valence-electron chi connectivity index (χ1n) is 6.94. The lowest BCUT2D eigenvalue weighted by Gasteiger charge is -2.42. The Labute approximate surface area is 127 Å². The van der Waals surface area contributed by atoms with Crippen molar-refractivity contribution in [2.24, 2.45) is 0 Å². The second-order valence-corrected chi connectivity index (χ2v) is 11.6. The van der Waals surface area contributed by atoms with Crippen LogP contribution in [0.5, 0.6) is 0 Å². The van der Waals surface area contributed by atoms with Crippen LogP contribution in [0.15, 0.2) is 0 Å². The summed E-state index contributed by atoms with van der Waals surface area (Å²) < 4.78 is 6.21. The van der Waals surface area contributed by atoms with E-state index >= 15 is 0 Å². The molecule has 0 saturated carbocycles. The van der Waals surface area contributed by atoms with Crippen molar-refractivity contribution in [2.45, 2.75) is 70.9 Å². The van der Waals surface area contributed by atoms with E-state index in [0.717, 1.165) is 0 Å². The molecule has 0 radical (unpaired) electrons. The number of carboxylic acid groups (broad SMARTS) is 2. The first-order valence-corrected chi connectivity index (χ1v) is 9.85. The Hall–Kier alpha value is -1.28. The van der Waals surface area contributed by atoms with E-state index in [0.29, 0.717) is 0 Å². The molecule has 8 heteroatoms. The van der Waals surface area contributed by atoms with E-state index in [4.69, 9.17) is 14.6 Å². The summed E-state index contributed by atoms with van der Waals surface area (Å²) in [5.41, 5.74) is 0. The van der Waals surface area contributed by atoms with Gasteiger partial charge in [-0.25, -0.2) is 9.59 Å². The minimum absolute atomic E-state index is 0.0584. The summed E-state index contributed by atoms with van der Waals surface area (Å²) in [5, 5.41) is 22.4. The maximum absolute atomic E-state index is 10.8. The Morgan fingerprint density at radius 2 is 1.33 bits per heavy atom. The van der Waals surface area contributed by atoms with Crippen molar-refractivity contribution in [1.82, 2.24) is 10.6 Å². The van der Waals surface area contributed by atoms with Gasteiger partial charge < -0.3 is 25.3 Å². The van der Waals surface area contributed by atoms with Crippen LogP contribution < -0.4 is 10.6 Å². The zero-order valence-electron chi connectivity index (χ0n) is 13.9. The lowest BCUT2D eigenvalue weighted by Crippen LogP contribution is -2.57. The highest BCUT2D eigenvalue weighted by atomic mass is 28.4. The van der Waals surface area contributed by atoms with Gasteiger partial charge in [-0.3, -0.25) is 0 Å². The molecule has 0 saturated heterocycles. The van der Waals surface area contributed by atoms with E-state index in [9.17, 15) is 9.59 Å². The summed E-state index contributed by atoms with van der Waals surface area (Å²) in [6.07, 6.45) is -2.89. The summed E-state index contributed by atoms with van der Waals surface area (Å²) in [4.78, 5) is 21.7. The van der Waals surface area contributed by atoms with Gasteiger partial charge in [0.25, 0.3) is 0 Å². The molecule has 2 amide bonds. The highest BCUT2D eigenvalue weighted by molar-refractivity contribution is 6.74. The third-order valence-electron chi connectivity index (χ3n) is 3.92. The summed E-state index contributed by atoms with van der Waals surface area (Å²) in [6, 6.07) is -1.06. The molecule has 0 aliphatic carbocycles. The number of nitrogens with one attached hydrogen (secondary N) is 2. The fourth-order valence-corrected chi connectivity index (χ4v) is 3.15. The zero-order chi connectivity index (χ0) is 17.0. The van der Waals surface area contributed by atoms with Crippen molar-refractivity contribution >= 4 is 20.5 Å². The molecule has 0 aromatic rings. The molecule has 0 aromatic heterocycles. The van der Waals surface area contributed by atoms with E-state index < -0.39 is 38.7 Å². The summed E-state index contributed by atoms with van der Waals surface area (Å²) in [5.74, 6) is 0. The van der Waals surface area contributed by atoms with Crippen LogP contribution >= 0.6 is 0 Å². The lowest BCUT2D eigenvalue weighted by atomic mass is 10.1. The molecule has 4 N–H and O–H groups in total. The highest BCUT2D eigenvalue weighted by Gasteiger charge is 2.42. The van der Waals surface area contributed by atoms with Crippen LogP contribution in [-0.4, -0.2) is 48.9 Å². The molecule has 1 unspecified atom stereocenters. The number of amides is 2. The molecule has 7 nitrogen and oxygen atoms in total. The summed E-state index contributed by atoms with van der Waals surface area (Å²) in [6.45, 7) is 13.6. The van der Waals surface area contributed by atoms with Gasteiger partial charge in [-0.05, 0) is 32.0 Å². The van der Waals surface area contributed by atoms with E-state index in [1.54, 1.807) is 13.8 Å². The van der Waals surface area contributed by atoms with Crippen molar-refractivity contribution < 1.29 is 24.2 Å². The normalized spacial score (nSPS) is 16.7. The second kappa shape index (κ2) is 7.12. The van der Waals surface area contributed by atoms with Crippen LogP contribution in [0.1, 0.15) is 34.6 Å². The first kappa shape index (κ1) is 19.7. The van der Waals surface area contributed by atoms with Gasteiger partial charge in [0.2, 0.25) is 0 Å². The van der Waals surface area contributed by atoms with Gasteiger partial charge in [0, 0.05) is 0 Å². The van der Waals surface area contributed by atoms with Crippen molar-refractivity contribution in [3.63, 3.8) is 0 Å². The molecule has 0 fully saturated rings. The molecule has 0 heterocycles. The van der Waals surface area contributed by atoms with E-state index in [1.807, 2.05) is 13.1 Å². The average Bonchev–Trinajstić information content (AvgIpc) is 2.21. The molecule has 0 aromatic carbocycles. The molecular weight excluding hydrogens is 292 g/mol. The second-order valence-electron chi connectivity index (χ2n) is 6.82. The van der Waals surface area contributed by atoms with Crippen molar-refractivity contribution in [3.05, 3.63) is 0 Å². The Bertz CT molecular complexity index is 359. The molecule has 3 atom stereocenters. The lowest BCUT2D eigenvalue weighted by molar-refractivity contribution is 0.101. The number of hydrogen-bond acceptors (Lipinski definition) is 3. The Morgan fingerprint density at radius 1 is 1.00 bits per heavy atom. The Morgan fingerprint density at radius 3 is 1.57 bits per heavy atom. The van der Waals surface area contributed by atoms with Crippen LogP contribution in [-0.2, 0) is 4.43 Å². The third kappa shape index (κ3) is 6.34. The van der Waals surface area contributed by atoms with Crippen molar-refractivity contribution in [3.8, 4) is 0 Å². The number of hydrogen-bond donors (Lipinski definition) is 4. The van der Waals surface area contributed by atoms with Gasteiger partial charge >= 0.3 is 12.2 Å². The fourth-order valence-electron chi connectivity index (χ4n) is 1.71. The topological polar surface area (TPSA) is 108 Å². The molecule has 0 aliphatic heterocycles. The molecule has 21 heavy (non-hydrogen) atoms. The van der Waals surface area contributed by atoms with Gasteiger partial charge in [-0.1, -0.05) is 20.8 Å². The van der Waals surface area contributed by atoms with Gasteiger partial charge in [0.15, 0.2) is 8.32 Å². The maximum Gasteiger partial charge on any atom is 0.404 e. The van der Waals surface area contributed by atoms with Gasteiger partial charge in [-0.15, -0.1) is 0 Å². The quantitative estimate of drug-likeness (QED) is 0.563. The molecule has 0 aliphatic rings. The number of carbonyl (C=O) groups is 2. The summed E-state index contributed by atoms with van der Waals surface area (Å²) >= 11 is 0. The van der Waals surface area contributed by atoms with Crippen LogP contribution in [0.4, 0.5) is 9.59 Å². The van der Waals surface area contributed by atoms with Crippen LogP contribution in [0, 0.1) is 0 Å². The fraction of sp³-hybridized carbons (Fsp3) is 0.846. The minimum Gasteiger partial charge on any atom is -0.465 e. The molecule has 0 bridgehead atoms. The molecular formula is C13H28N2O5Si. The number of rotatable bonds is 6. The average molecular weight is 320 g/mol. The zero-order valence-corrected chi connectivity index (χ0v) is 14.9. The molecule has 0 spiro atoms. The predicted molar refractivity (Wildman–Crippen MR) is 83.3 cm³/mol. The van der Waals surface area contributed by atoms with Crippen molar-refractivity contribution in [2.75, 3.05) is 0 Å². The first-order chi connectivity index (χ1) is 9.28. The minimum atomic E-state index is -2.16. The smallest absolute Gasteiger partial charge is 0.404 e. The Balaban J connectivity index is 5.22. The van der Waals surface area contributed by atoms with Crippen LogP contribution in [0.25, 0.3) is 0 Å². The van der Waals surface area contributed by atoms with Crippen molar-refractivity contribution in [1.29, 1.82) is 0 Å². The molecule has 0 rings (SSSR count).